The van der Waals surface area contributed by atoms with Crippen LogP contribution < -0.4 is 0 Å². The number of aromatic nitrogens is 3. The Kier molecular flexibility index (Phi) is 5.81. The summed E-state index contributed by atoms with van der Waals surface area (Å²) >= 11 is 0. The molecule has 0 saturated carbocycles. The second-order valence-corrected chi connectivity index (χ2v) is 12.0. The average molecular weight is 616 g/mol. The van der Waals surface area contributed by atoms with Gasteiger partial charge in [-0.3, -0.25) is 0 Å². The molecule has 0 atom stereocenters. The Balaban J connectivity index is 1.30. The molecule has 5 heteroatoms. The maximum atomic E-state index is 6.65. The summed E-state index contributed by atoms with van der Waals surface area (Å²) in [7, 11) is 0. The summed E-state index contributed by atoms with van der Waals surface area (Å²) < 4.78 is 12.8. The molecular formula is C43H25N3O2. The quantitative estimate of drug-likeness (QED) is 0.197. The predicted molar refractivity (Wildman–Crippen MR) is 194 cm³/mol. The maximum Gasteiger partial charge on any atom is 0.164 e. The molecule has 0 radical (unpaired) electrons. The molecule has 10 rings (SSSR count). The normalized spacial score (nSPS) is 11.8. The van der Waals surface area contributed by atoms with E-state index < -0.39 is 0 Å². The van der Waals surface area contributed by atoms with Crippen molar-refractivity contribution in [3.63, 3.8) is 0 Å². The number of furan rings is 2. The molecule has 0 unspecified atom stereocenters. The van der Waals surface area contributed by atoms with Gasteiger partial charge in [0.05, 0.1) is 0 Å². The van der Waals surface area contributed by atoms with Crippen molar-refractivity contribution in [1.29, 1.82) is 0 Å². The summed E-state index contributed by atoms with van der Waals surface area (Å²) in [5.74, 6) is 1.77. The Morgan fingerprint density at radius 1 is 0.333 bits per heavy atom. The molecule has 7 aromatic carbocycles. The van der Waals surface area contributed by atoms with Crippen LogP contribution >= 0.6 is 0 Å². The molecule has 48 heavy (non-hydrogen) atoms. The fourth-order valence-corrected chi connectivity index (χ4v) is 6.89. The van der Waals surface area contributed by atoms with Crippen LogP contribution in [0, 0.1) is 0 Å². The highest BCUT2D eigenvalue weighted by Gasteiger charge is 2.22. The molecule has 3 heterocycles. The molecule has 0 fully saturated rings. The number of nitrogens with zero attached hydrogens (tertiary/aromatic N) is 3. The van der Waals surface area contributed by atoms with Crippen LogP contribution in [0.15, 0.2) is 160 Å². The summed E-state index contributed by atoms with van der Waals surface area (Å²) in [4.78, 5) is 15.4. The van der Waals surface area contributed by atoms with E-state index in [0.717, 1.165) is 82.5 Å². The first-order valence-corrected chi connectivity index (χ1v) is 15.9. The van der Waals surface area contributed by atoms with Gasteiger partial charge in [0.15, 0.2) is 17.5 Å². The van der Waals surface area contributed by atoms with Gasteiger partial charge >= 0.3 is 0 Å². The maximum absolute atomic E-state index is 6.65. The standard InChI is InChI=1S/C43H25N3O2/c1-3-12-26(13-4-1)29-18-11-19-31-33(29)25-35(39-32-17-8-10-21-37(32)48-40(31)39)43-45-41(27-14-5-2-6-15-27)44-42(46-43)28-22-23-38-34(24-28)30-16-7-9-20-36(30)47-38/h1-25H. The van der Waals surface area contributed by atoms with Crippen LogP contribution in [0.4, 0.5) is 0 Å². The largest absolute Gasteiger partial charge is 0.456 e. The van der Waals surface area contributed by atoms with Gasteiger partial charge in [-0.15, -0.1) is 0 Å². The number of hydrogen-bond acceptors (Lipinski definition) is 5. The van der Waals surface area contributed by atoms with Gasteiger partial charge in [0.2, 0.25) is 0 Å². The van der Waals surface area contributed by atoms with E-state index in [1.54, 1.807) is 0 Å². The lowest BCUT2D eigenvalue weighted by Crippen LogP contribution is -2.00. The van der Waals surface area contributed by atoms with E-state index in [4.69, 9.17) is 23.8 Å². The van der Waals surface area contributed by atoms with Gasteiger partial charge < -0.3 is 8.83 Å². The minimum absolute atomic E-state index is 0.581. The number of fused-ring (bicyclic) bond motifs is 8. The number of rotatable bonds is 4. The van der Waals surface area contributed by atoms with Crippen LogP contribution in [0.3, 0.4) is 0 Å². The van der Waals surface area contributed by atoms with Crippen molar-refractivity contribution in [2.75, 3.05) is 0 Å². The molecule has 224 valence electrons. The van der Waals surface area contributed by atoms with Crippen LogP contribution in [-0.2, 0) is 0 Å². The SMILES string of the molecule is c1ccc(-c2nc(-c3ccc4oc5ccccc5c4c3)nc(-c3cc4c(-c5ccccc5)cccc4c4oc5ccccc5c34)n2)cc1. The van der Waals surface area contributed by atoms with Crippen LogP contribution in [0.5, 0.6) is 0 Å². The van der Waals surface area contributed by atoms with Gasteiger partial charge in [-0.1, -0.05) is 115 Å². The lowest BCUT2D eigenvalue weighted by atomic mass is 9.93. The van der Waals surface area contributed by atoms with Crippen molar-refractivity contribution in [3.8, 4) is 45.3 Å². The highest BCUT2D eigenvalue weighted by atomic mass is 16.3. The first-order valence-electron chi connectivity index (χ1n) is 15.9. The van der Waals surface area contributed by atoms with Crippen LogP contribution in [0.2, 0.25) is 0 Å². The zero-order chi connectivity index (χ0) is 31.6. The van der Waals surface area contributed by atoms with E-state index in [1.807, 2.05) is 84.9 Å². The molecule has 0 aliphatic rings. The van der Waals surface area contributed by atoms with Gasteiger partial charge in [0, 0.05) is 43.6 Å². The second kappa shape index (κ2) is 10.5. The van der Waals surface area contributed by atoms with Crippen molar-refractivity contribution in [1.82, 2.24) is 15.0 Å². The Morgan fingerprint density at radius 3 is 1.73 bits per heavy atom. The predicted octanol–water partition coefficient (Wildman–Crippen LogP) is 11.5. The fraction of sp³-hybridized carbons (Fsp3) is 0. The third kappa shape index (κ3) is 4.15. The second-order valence-electron chi connectivity index (χ2n) is 12.0. The minimum Gasteiger partial charge on any atom is -0.456 e. The summed E-state index contributed by atoms with van der Waals surface area (Å²) in [6.45, 7) is 0. The number of hydrogen-bond donors (Lipinski definition) is 0. The summed E-state index contributed by atoms with van der Waals surface area (Å²) in [6, 6.07) is 51.6. The molecule has 0 aliphatic heterocycles. The smallest absolute Gasteiger partial charge is 0.164 e. The van der Waals surface area contributed by atoms with Gasteiger partial charge in [0.1, 0.15) is 22.3 Å². The van der Waals surface area contributed by atoms with E-state index >= 15 is 0 Å². The molecule has 3 aromatic heterocycles. The van der Waals surface area contributed by atoms with Crippen molar-refractivity contribution in [3.05, 3.63) is 152 Å². The third-order valence-electron chi connectivity index (χ3n) is 9.13. The van der Waals surface area contributed by atoms with Crippen molar-refractivity contribution in [2.45, 2.75) is 0 Å². The molecule has 5 nitrogen and oxygen atoms in total. The molecule has 0 amide bonds. The summed E-state index contributed by atoms with van der Waals surface area (Å²) in [5.41, 5.74) is 8.25. The Labute approximate surface area is 274 Å². The zero-order valence-corrected chi connectivity index (χ0v) is 25.6. The first-order chi connectivity index (χ1) is 23.8. The van der Waals surface area contributed by atoms with Crippen molar-refractivity contribution >= 4 is 54.6 Å². The highest BCUT2D eigenvalue weighted by molar-refractivity contribution is 6.22. The summed E-state index contributed by atoms with van der Waals surface area (Å²) in [5, 5.41) is 6.19. The van der Waals surface area contributed by atoms with Crippen LogP contribution in [0.1, 0.15) is 0 Å². The fourth-order valence-electron chi connectivity index (χ4n) is 6.89. The molecule has 0 aliphatic carbocycles. The molecule has 0 N–H and O–H groups in total. The van der Waals surface area contributed by atoms with Gasteiger partial charge in [-0.05, 0) is 52.9 Å². The topological polar surface area (TPSA) is 65.0 Å². The molecular weight excluding hydrogens is 590 g/mol. The van der Waals surface area contributed by atoms with Crippen molar-refractivity contribution in [2.24, 2.45) is 0 Å². The van der Waals surface area contributed by atoms with Crippen LogP contribution in [-0.4, -0.2) is 15.0 Å². The number of benzene rings is 7. The van der Waals surface area contributed by atoms with E-state index in [-0.39, 0.29) is 0 Å². The van der Waals surface area contributed by atoms with Crippen molar-refractivity contribution < 1.29 is 8.83 Å². The van der Waals surface area contributed by atoms with Gasteiger partial charge in [0.25, 0.3) is 0 Å². The highest BCUT2D eigenvalue weighted by Crippen LogP contribution is 2.43. The first kappa shape index (κ1) is 26.6. The molecule has 0 spiro atoms. The van der Waals surface area contributed by atoms with E-state index in [2.05, 4.69) is 66.7 Å². The Morgan fingerprint density at radius 2 is 0.938 bits per heavy atom. The summed E-state index contributed by atoms with van der Waals surface area (Å²) in [6.07, 6.45) is 0. The lowest BCUT2D eigenvalue weighted by Gasteiger charge is -2.12. The minimum atomic E-state index is 0.581. The third-order valence-corrected chi connectivity index (χ3v) is 9.13. The van der Waals surface area contributed by atoms with Gasteiger partial charge in [-0.2, -0.15) is 0 Å². The van der Waals surface area contributed by atoms with E-state index in [0.29, 0.717) is 17.5 Å². The average Bonchev–Trinajstić information content (AvgIpc) is 3.74. The Bertz CT molecular complexity index is 2840. The van der Waals surface area contributed by atoms with Crippen LogP contribution in [0.25, 0.3) is 99.9 Å². The van der Waals surface area contributed by atoms with Gasteiger partial charge in [-0.25, -0.2) is 15.0 Å². The zero-order valence-electron chi connectivity index (χ0n) is 25.6. The number of para-hydroxylation sites is 2. The molecule has 0 bridgehead atoms. The Hall–Kier alpha value is -6.59. The lowest BCUT2D eigenvalue weighted by molar-refractivity contribution is 0.669. The molecule has 10 aromatic rings. The van der Waals surface area contributed by atoms with E-state index in [9.17, 15) is 0 Å². The van der Waals surface area contributed by atoms with E-state index in [1.165, 1.54) is 0 Å². The molecule has 0 saturated heterocycles. The monoisotopic (exact) mass is 615 g/mol.